The number of aryl methyl sites for hydroxylation is 1. The smallest absolute Gasteiger partial charge is 0.338 e. The minimum Gasteiger partial charge on any atom is -0.449 e. The number of anilines is 1. The Bertz CT molecular complexity index is 921. The number of H-pyrrole nitrogens is 1. The monoisotopic (exact) mass is 364 g/mol. The molecule has 138 valence electrons. The highest BCUT2D eigenvalue weighted by Crippen LogP contribution is 2.16. The van der Waals surface area contributed by atoms with Gasteiger partial charge < -0.3 is 15.0 Å². The van der Waals surface area contributed by atoms with Crippen LogP contribution in [0.2, 0.25) is 0 Å². The molecule has 0 aliphatic heterocycles. The van der Waals surface area contributed by atoms with Gasteiger partial charge in [-0.15, -0.1) is 0 Å². The molecule has 3 aromatic rings. The van der Waals surface area contributed by atoms with Crippen LogP contribution < -0.4 is 5.32 Å². The Kier molecular flexibility index (Phi) is 5.61. The highest BCUT2D eigenvalue weighted by atomic mass is 16.5. The van der Waals surface area contributed by atoms with Gasteiger partial charge in [0.05, 0.1) is 5.56 Å². The van der Waals surface area contributed by atoms with E-state index in [-0.39, 0.29) is 0 Å². The fraction of sp³-hybridized carbons (Fsp3) is 0.200. The number of carbonyl (C=O) groups is 2. The summed E-state index contributed by atoms with van der Waals surface area (Å²) < 4.78 is 5.38. The molecular formula is C20H20N4O3. The second-order valence-electron chi connectivity index (χ2n) is 6.03. The van der Waals surface area contributed by atoms with Gasteiger partial charge in [-0.3, -0.25) is 4.79 Å². The summed E-state index contributed by atoms with van der Waals surface area (Å²) in [6.07, 6.45) is 4.45. The summed E-state index contributed by atoms with van der Waals surface area (Å²) in [6, 6.07) is 10.4. The number of rotatable bonds is 6. The van der Waals surface area contributed by atoms with E-state index in [1.165, 1.54) is 0 Å². The summed E-state index contributed by atoms with van der Waals surface area (Å²) >= 11 is 0. The first kappa shape index (κ1) is 18.3. The SMILES string of the molecule is CCC(OC(=O)c1ccc(-c2ncc[nH]2)cc1)C(=O)Nc1cc(C)ccn1. The third-order valence-corrected chi connectivity index (χ3v) is 3.97. The van der Waals surface area contributed by atoms with E-state index in [1.54, 1.807) is 55.8 Å². The van der Waals surface area contributed by atoms with E-state index in [4.69, 9.17) is 4.74 Å². The molecule has 3 rings (SSSR count). The first-order valence-electron chi connectivity index (χ1n) is 8.61. The number of ether oxygens (including phenoxy) is 1. The molecule has 2 aromatic heterocycles. The highest BCUT2D eigenvalue weighted by Gasteiger charge is 2.22. The number of carbonyl (C=O) groups excluding carboxylic acids is 2. The van der Waals surface area contributed by atoms with Gasteiger partial charge >= 0.3 is 5.97 Å². The molecule has 1 atom stereocenters. The first-order chi connectivity index (χ1) is 13.1. The lowest BCUT2D eigenvalue weighted by molar-refractivity contribution is -0.124. The summed E-state index contributed by atoms with van der Waals surface area (Å²) in [5.41, 5.74) is 2.19. The zero-order valence-electron chi connectivity index (χ0n) is 15.1. The van der Waals surface area contributed by atoms with Crippen molar-refractivity contribution >= 4 is 17.7 Å². The van der Waals surface area contributed by atoms with E-state index in [2.05, 4.69) is 20.3 Å². The molecule has 7 heteroatoms. The van der Waals surface area contributed by atoms with Crippen LogP contribution in [-0.4, -0.2) is 32.9 Å². The van der Waals surface area contributed by atoms with Crippen LogP contribution >= 0.6 is 0 Å². The van der Waals surface area contributed by atoms with Gasteiger partial charge in [-0.2, -0.15) is 0 Å². The molecule has 0 saturated heterocycles. The Labute approximate surface area is 156 Å². The van der Waals surface area contributed by atoms with Crippen molar-refractivity contribution in [2.75, 3.05) is 5.32 Å². The van der Waals surface area contributed by atoms with E-state index in [9.17, 15) is 9.59 Å². The van der Waals surface area contributed by atoms with Gasteiger partial charge in [-0.05, 0) is 43.2 Å². The van der Waals surface area contributed by atoms with Crippen LogP contribution in [-0.2, 0) is 9.53 Å². The predicted octanol–water partition coefficient (Wildman–Crippen LogP) is 3.35. The van der Waals surface area contributed by atoms with Crippen molar-refractivity contribution in [2.24, 2.45) is 0 Å². The maximum absolute atomic E-state index is 12.4. The molecule has 2 N–H and O–H groups in total. The molecule has 0 bridgehead atoms. The number of amides is 1. The van der Waals surface area contributed by atoms with Crippen molar-refractivity contribution in [1.29, 1.82) is 0 Å². The standard InChI is InChI=1S/C20H20N4O3/c1-3-16(19(25)24-17-12-13(2)8-9-21-17)27-20(26)15-6-4-14(5-7-15)18-22-10-11-23-18/h4-12,16H,3H2,1-2H3,(H,22,23)(H,21,24,25). The lowest BCUT2D eigenvalue weighted by atomic mass is 10.1. The average Bonchev–Trinajstić information content (AvgIpc) is 3.20. The zero-order valence-corrected chi connectivity index (χ0v) is 15.1. The molecule has 0 spiro atoms. The topological polar surface area (TPSA) is 97.0 Å². The van der Waals surface area contributed by atoms with Gasteiger partial charge in [-0.1, -0.05) is 19.1 Å². The Balaban J connectivity index is 1.65. The lowest BCUT2D eigenvalue weighted by Gasteiger charge is -2.16. The van der Waals surface area contributed by atoms with Crippen molar-refractivity contribution in [3.8, 4) is 11.4 Å². The van der Waals surface area contributed by atoms with Crippen molar-refractivity contribution in [2.45, 2.75) is 26.4 Å². The number of pyridine rings is 1. The molecule has 1 aromatic carbocycles. The molecule has 2 heterocycles. The van der Waals surface area contributed by atoms with Crippen LogP contribution in [0, 0.1) is 6.92 Å². The second kappa shape index (κ2) is 8.27. The van der Waals surface area contributed by atoms with E-state index in [0.717, 1.165) is 11.1 Å². The third kappa shape index (κ3) is 4.58. The number of imidazole rings is 1. The molecule has 1 unspecified atom stereocenters. The molecule has 1 amide bonds. The maximum atomic E-state index is 12.4. The third-order valence-electron chi connectivity index (χ3n) is 3.97. The van der Waals surface area contributed by atoms with Crippen LogP contribution in [0.1, 0.15) is 29.3 Å². The van der Waals surface area contributed by atoms with Crippen molar-refractivity contribution in [3.63, 3.8) is 0 Å². The van der Waals surface area contributed by atoms with Gasteiger partial charge in [0, 0.05) is 24.2 Å². The number of hydrogen-bond acceptors (Lipinski definition) is 5. The molecule has 0 aliphatic rings. The van der Waals surface area contributed by atoms with E-state index < -0.39 is 18.0 Å². The highest BCUT2D eigenvalue weighted by molar-refractivity contribution is 5.97. The van der Waals surface area contributed by atoms with Crippen molar-refractivity contribution in [1.82, 2.24) is 15.0 Å². The lowest BCUT2D eigenvalue weighted by Crippen LogP contribution is -2.32. The van der Waals surface area contributed by atoms with Crippen LogP contribution in [0.5, 0.6) is 0 Å². The number of esters is 1. The largest absolute Gasteiger partial charge is 0.449 e. The number of aromatic nitrogens is 3. The maximum Gasteiger partial charge on any atom is 0.338 e. The normalized spacial score (nSPS) is 11.6. The summed E-state index contributed by atoms with van der Waals surface area (Å²) in [6.45, 7) is 3.68. The zero-order chi connectivity index (χ0) is 19.2. The van der Waals surface area contributed by atoms with Crippen LogP contribution in [0.4, 0.5) is 5.82 Å². The average molecular weight is 364 g/mol. The predicted molar refractivity (Wildman–Crippen MR) is 101 cm³/mol. The Hall–Kier alpha value is -3.48. The van der Waals surface area contributed by atoms with E-state index in [0.29, 0.717) is 23.6 Å². The second-order valence-corrected chi connectivity index (χ2v) is 6.03. The minimum atomic E-state index is -0.899. The summed E-state index contributed by atoms with van der Waals surface area (Å²) in [5, 5.41) is 2.68. The molecular weight excluding hydrogens is 344 g/mol. The quantitative estimate of drug-likeness (QED) is 0.654. The Morgan fingerprint density at radius 1 is 1.15 bits per heavy atom. The number of nitrogens with zero attached hydrogens (tertiary/aromatic N) is 2. The van der Waals surface area contributed by atoms with Gasteiger partial charge in [0.15, 0.2) is 6.10 Å². The van der Waals surface area contributed by atoms with Crippen LogP contribution in [0.3, 0.4) is 0 Å². The summed E-state index contributed by atoms with van der Waals surface area (Å²) in [4.78, 5) is 36.0. The molecule has 0 fully saturated rings. The first-order valence-corrected chi connectivity index (χ1v) is 8.61. The Morgan fingerprint density at radius 3 is 2.56 bits per heavy atom. The molecule has 27 heavy (non-hydrogen) atoms. The Morgan fingerprint density at radius 2 is 1.93 bits per heavy atom. The van der Waals surface area contributed by atoms with Crippen molar-refractivity contribution in [3.05, 3.63) is 66.1 Å². The fourth-order valence-corrected chi connectivity index (χ4v) is 2.52. The van der Waals surface area contributed by atoms with Gasteiger partial charge in [0.25, 0.3) is 5.91 Å². The minimum absolute atomic E-state index is 0.355. The van der Waals surface area contributed by atoms with Crippen LogP contribution in [0.15, 0.2) is 55.0 Å². The number of nitrogens with one attached hydrogen (secondary N) is 2. The fourth-order valence-electron chi connectivity index (χ4n) is 2.52. The number of hydrogen-bond donors (Lipinski definition) is 2. The van der Waals surface area contributed by atoms with Crippen LogP contribution in [0.25, 0.3) is 11.4 Å². The molecule has 0 aliphatic carbocycles. The van der Waals surface area contributed by atoms with Gasteiger partial charge in [0.2, 0.25) is 0 Å². The van der Waals surface area contributed by atoms with E-state index >= 15 is 0 Å². The van der Waals surface area contributed by atoms with Gasteiger partial charge in [-0.25, -0.2) is 14.8 Å². The molecule has 7 nitrogen and oxygen atoms in total. The van der Waals surface area contributed by atoms with Crippen molar-refractivity contribution < 1.29 is 14.3 Å². The summed E-state index contributed by atoms with van der Waals surface area (Å²) in [5.74, 6) is 0.181. The molecule has 0 radical (unpaired) electrons. The number of benzene rings is 1. The molecule has 0 saturated carbocycles. The number of aromatic amines is 1. The summed E-state index contributed by atoms with van der Waals surface area (Å²) in [7, 11) is 0. The van der Waals surface area contributed by atoms with E-state index in [1.807, 2.05) is 13.0 Å². The van der Waals surface area contributed by atoms with Gasteiger partial charge in [0.1, 0.15) is 11.6 Å².